The quantitative estimate of drug-likeness (QED) is 0.0728. The van der Waals surface area contributed by atoms with Crippen molar-refractivity contribution in [2.45, 2.75) is 13.2 Å². The smallest absolute Gasteiger partial charge is 0.412 e. The second-order valence-corrected chi connectivity index (χ2v) is 8.74. The summed E-state index contributed by atoms with van der Waals surface area (Å²) < 4.78 is 9.58. The van der Waals surface area contributed by atoms with Crippen molar-refractivity contribution in [1.29, 1.82) is 0 Å². The number of hydrogen-bond donors (Lipinski definition) is 7. The summed E-state index contributed by atoms with van der Waals surface area (Å²) in [6.45, 7) is 0.450. The number of aromatic nitrogens is 6. The zero-order valence-electron chi connectivity index (χ0n) is 24.5. The number of nitrogens with zero attached hydrogens (tertiary/aromatic N) is 6. The summed E-state index contributed by atoms with van der Waals surface area (Å²) in [7, 11) is 0. The third-order valence-corrected chi connectivity index (χ3v) is 4.96. The van der Waals surface area contributed by atoms with Gasteiger partial charge in [-0.05, 0) is 11.1 Å². The molecule has 0 spiro atoms. The van der Waals surface area contributed by atoms with E-state index in [1.54, 1.807) is 0 Å². The number of nitrogens with two attached hydrogens (primary N) is 4. The van der Waals surface area contributed by atoms with Crippen LogP contribution in [0.5, 0.6) is 0 Å². The molecular weight excluding hydrogens is 636 g/mol. The van der Waals surface area contributed by atoms with Crippen molar-refractivity contribution >= 4 is 58.0 Å². The van der Waals surface area contributed by atoms with Gasteiger partial charge in [0.25, 0.3) is 0 Å². The number of benzene rings is 2. The van der Waals surface area contributed by atoms with Gasteiger partial charge in [0.1, 0.15) is 18.9 Å². The molecule has 0 saturated carbocycles. The fraction of sp³-hybridized carbons (Fsp3) is 0.0714. The lowest BCUT2D eigenvalue weighted by atomic mass is 10.2. The summed E-state index contributed by atoms with van der Waals surface area (Å²) in [5.41, 5.74) is 25.5. The fourth-order valence-corrected chi connectivity index (χ4v) is 2.84. The molecule has 11 N–H and O–H groups in total. The Labute approximate surface area is 274 Å². The number of hydrogen-bond acceptors (Lipinski definition) is 17. The molecule has 3 aromatic heterocycles. The topological polar surface area (TPSA) is 288 Å². The molecule has 5 aromatic rings. The molecule has 2 aromatic carbocycles. The molecule has 248 valence electrons. The van der Waals surface area contributed by atoms with E-state index in [4.69, 9.17) is 44.5 Å². The van der Waals surface area contributed by atoms with Crippen LogP contribution in [0.15, 0.2) is 97.8 Å². The number of amides is 1. The highest BCUT2D eigenvalue weighted by atomic mass is 35.5. The average Bonchev–Trinajstić information content (AvgIpc) is 3.08. The molecule has 1 amide bonds. The standard InChI is InChI=1S/C12H12N4O2.C8H7ClO2.C4H6N4O2.C4H6N4.H2/c13-11-14-6-10(7-15-11)16-12(17)18-8-9-4-2-1-3-5-9;9-8(10)11-6-7-4-2-1-3-5-7;5-4-6-1-3(2-7-4)8-10-9;5-3-1-7-4(6)8-2-3;/h1-7H,8H2,(H,16,17)(H2,13,14,15);1-5H,6H2;1-2,8-9H,(H2,5,6,7);1-2H,5H2,(H2,6,7,8);1H. The van der Waals surface area contributed by atoms with Gasteiger partial charge in [0, 0.05) is 13.0 Å². The first kappa shape index (κ1) is 36.8. The Kier molecular flexibility index (Phi) is 16.7. The Morgan fingerprint density at radius 2 is 1.06 bits per heavy atom. The summed E-state index contributed by atoms with van der Waals surface area (Å²) in [6, 6.07) is 18.8. The van der Waals surface area contributed by atoms with Gasteiger partial charge < -0.3 is 32.4 Å². The maximum atomic E-state index is 11.5. The van der Waals surface area contributed by atoms with E-state index in [1.807, 2.05) is 60.7 Å². The average molecular weight is 669 g/mol. The van der Waals surface area contributed by atoms with Crippen molar-refractivity contribution in [2.24, 2.45) is 0 Å². The van der Waals surface area contributed by atoms with E-state index in [-0.39, 0.29) is 32.5 Å². The number of halogens is 1. The lowest BCUT2D eigenvalue weighted by Crippen LogP contribution is -2.14. The first-order valence-electron chi connectivity index (χ1n) is 13.0. The maximum absolute atomic E-state index is 11.5. The van der Waals surface area contributed by atoms with Crippen LogP contribution < -0.4 is 33.7 Å². The number of carbonyl (C=O) groups excluding carboxylic acids is 2. The molecule has 0 atom stereocenters. The summed E-state index contributed by atoms with van der Waals surface area (Å²) in [4.78, 5) is 47.2. The second kappa shape index (κ2) is 21.4. The van der Waals surface area contributed by atoms with E-state index >= 15 is 0 Å². The van der Waals surface area contributed by atoms with E-state index in [0.717, 1.165) is 11.1 Å². The summed E-state index contributed by atoms with van der Waals surface area (Å²) in [5, 5.41) is 10.4. The lowest BCUT2D eigenvalue weighted by Gasteiger charge is -2.06. The summed E-state index contributed by atoms with van der Waals surface area (Å²) in [6.07, 6.45) is 7.92. The molecule has 0 fully saturated rings. The molecule has 19 heteroatoms. The molecule has 0 aliphatic heterocycles. The molecule has 0 aliphatic rings. The molecule has 0 aliphatic carbocycles. The van der Waals surface area contributed by atoms with Crippen LogP contribution in [0.4, 0.5) is 44.5 Å². The largest absolute Gasteiger partial charge is 0.449 e. The van der Waals surface area contributed by atoms with Crippen LogP contribution in [0, 0.1) is 0 Å². The van der Waals surface area contributed by atoms with Crippen LogP contribution in [0.1, 0.15) is 12.6 Å². The van der Waals surface area contributed by atoms with Gasteiger partial charge in [0.05, 0.1) is 48.6 Å². The van der Waals surface area contributed by atoms with Crippen LogP contribution in [-0.4, -0.2) is 46.7 Å². The Morgan fingerprint density at radius 1 is 0.660 bits per heavy atom. The SMILES string of the molecule is Nc1cnc(N)nc1.Nc1ncc(NC(=O)OCc2ccccc2)cn1.Nc1ncc(NOO)cn1.O=C(Cl)OCc1ccccc1.[HH]. The maximum Gasteiger partial charge on any atom is 0.412 e. The number of nitrogens with one attached hydrogen (secondary N) is 2. The van der Waals surface area contributed by atoms with Crippen molar-refractivity contribution in [1.82, 2.24) is 29.9 Å². The van der Waals surface area contributed by atoms with Gasteiger partial charge in [-0.2, -0.15) is 0 Å². The summed E-state index contributed by atoms with van der Waals surface area (Å²) >= 11 is 4.97. The number of carbonyl (C=O) groups is 2. The molecule has 3 heterocycles. The Morgan fingerprint density at radius 3 is 1.47 bits per heavy atom. The minimum atomic E-state index is -0.770. The van der Waals surface area contributed by atoms with Crippen LogP contribution >= 0.6 is 11.6 Å². The van der Waals surface area contributed by atoms with Crippen molar-refractivity contribution < 1.29 is 30.7 Å². The molecule has 5 rings (SSSR count). The van der Waals surface area contributed by atoms with Crippen molar-refractivity contribution in [3.8, 4) is 0 Å². The molecule has 0 unspecified atom stereocenters. The van der Waals surface area contributed by atoms with Gasteiger partial charge in [0.15, 0.2) is 0 Å². The Hall–Kier alpha value is -6.37. The van der Waals surface area contributed by atoms with Gasteiger partial charge in [-0.15, -0.1) is 4.99 Å². The Balaban J connectivity index is 0.000000335. The van der Waals surface area contributed by atoms with Gasteiger partial charge in [-0.3, -0.25) is 5.32 Å². The van der Waals surface area contributed by atoms with E-state index in [2.05, 4.69) is 50.4 Å². The van der Waals surface area contributed by atoms with Crippen molar-refractivity contribution in [2.75, 3.05) is 33.7 Å². The van der Waals surface area contributed by atoms with Crippen LogP contribution in [0.25, 0.3) is 0 Å². The predicted octanol–water partition coefficient (Wildman–Crippen LogP) is 4.13. The van der Waals surface area contributed by atoms with Gasteiger partial charge in [0.2, 0.25) is 17.8 Å². The number of rotatable bonds is 7. The molecule has 0 radical (unpaired) electrons. The highest BCUT2D eigenvalue weighted by Crippen LogP contribution is 2.06. The number of anilines is 6. The monoisotopic (exact) mass is 668 g/mol. The van der Waals surface area contributed by atoms with Crippen molar-refractivity contribution in [3.05, 3.63) is 109 Å². The van der Waals surface area contributed by atoms with Gasteiger partial charge in [-0.25, -0.2) is 50.2 Å². The molecule has 0 bridgehead atoms. The molecular formula is C28H33ClN12O6. The number of nitrogen functional groups attached to an aromatic ring is 4. The van der Waals surface area contributed by atoms with E-state index < -0.39 is 11.5 Å². The van der Waals surface area contributed by atoms with Crippen molar-refractivity contribution in [3.63, 3.8) is 0 Å². The summed E-state index contributed by atoms with van der Waals surface area (Å²) in [5.74, 6) is 0.570. The van der Waals surface area contributed by atoms with Crippen LogP contribution in [0.2, 0.25) is 0 Å². The van der Waals surface area contributed by atoms with E-state index in [0.29, 0.717) is 17.1 Å². The van der Waals surface area contributed by atoms with Crippen LogP contribution in [-0.2, 0) is 27.7 Å². The normalized spacial score (nSPS) is 9.40. The minimum Gasteiger partial charge on any atom is -0.449 e. The first-order chi connectivity index (χ1) is 22.6. The third-order valence-electron chi connectivity index (χ3n) is 4.85. The van der Waals surface area contributed by atoms with E-state index in [9.17, 15) is 9.59 Å². The van der Waals surface area contributed by atoms with Gasteiger partial charge in [-0.1, -0.05) is 60.7 Å². The zero-order valence-corrected chi connectivity index (χ0v) is 25.3. The molecule has 18 nitrogen and oxygen atoms in total. The minimum absolute atomic E-state index is 0. The zero-order chi connectivity index (χ0) is 34.3. The second-order valence-electron chi connectivity index (χ2n) is 8.43. The highest BCUT2D eigenvalue weighted by Gasteiger charge is 2.04. The first-order valence-corrected chi connectivity index (χ1v) is 13.4. The number of ether oxygens (including phenoxy) is 2. The molecule has 47 heavy (non-hydrogen) atoms. The third kappa shape index (κ3) is 17.5. The fourth-order valence-electron chi connectivity index (χ4n) is 2.79. The Bertz CT molecular complexity index is 1580. The van der Waals surface area contributed by atoms with Crippen LogP contribution in [0.3, 0.4) is 0 Å². The molecule has 0 saturated heterocycles. The highest BCUT2D eigenvalue weighted by molar-refractivity contribution is 6.61. The van der Waals surface area contributed by atoms with E-state index in [1.165, 1.54) is 37.2 Å². The van der Waals surface area contributed by atoms with Gasteiger partial charge >= 0.3 is 11.5 Å². The lowest BCUT2D eigenvalue weighted by molar-refractivity contribution is -0.215. The predicted molar refractivity (Wildman–Crippen MR) is 176 cm³/mol.